The number of rotatable bonds is 4. The largest absolute Gasteiger partial charge is 0.464 e. The minimum absolute atomic E-state index is 0.188. The fourth-order valence-corrected chi connectivity index (χ4v) is 3.40. The number of hydrogen-bond donors (Lipinski definition) is 2. The maximum atomic E-state index is 11.7. The first-order chi connectivity index (χ1) is 13.5. The average Bonchev–Trinajstić information content (AvgIpc) is 3.21. The Bertz CT molecular complexity index is 791. The van der Waals surface area contributed by atoms with E-state index in [1.165, 1.54) is 13.2 Å². The molecule has 8 nitrogen and oxygen atoms in total. The third-order valence-electron chi connectivity index (χ3n) is 4.78. The number of aryl methyl sites for hydroxylation is 1. The molecule has 4 rings (SSSR count). The van der Waals surface area contributed by atoms with Gasteiger partial charge in [0.25, 0.3) is 0 Å². The molecule has 6 atom stereocenters. The van der Waals surface area contributed by atoms with Gasteiger partial charge in [-0.15, -0.1) is 0 Å². The average molecular weight is 389 g/mol. The van der Waals surface area contributed by atoms with Crippen molar-refractivity contribution in [1.82, 2.24) is 5.32 Å². The normalized spacial score (nSPS) is 32.4. The minimum Gasteiger partial charge on any atom is -0.464 e. The van der Waals surface area contributed by atoms with Crippen LogP contribution in [0.5, 0.6) is 5.75 Å². The Hall–Kier alpha value is -2.39. The predicted octanol–water partition coefficient (Wildman–Crippen LogP) is 1.67. The van der Waals surface area contributed by atoms with Crippen LogP contribution in [0.1, 0.15) is 24.5 Å². The molecule has 1 amide bonds. The van der Waals surface area contributed by atoms with Crippen LogP contribution in [0.2, 0.25) is 0 Å². The fourth-order valence-electron chi connectivity index (χ4n) is 3.40. The van der Waals surface area contributed by atoms with Gasteiger partial charge in [-0.2, -0.15) is 0 Å². The Morgan fingerprint density at radius 1 is 1.21 bits per heavy atom. The van der Waals surface area contributed by atoms with Crippen molar-refractivity contribution >= 4 is 5.91 Å². The highest BCUT2D eigenvalue weighted by Gasteiger charge is 2.51. The molecule has 0 aliphatic carbocycles. The van der Waals surface area contributed by atoms with E-state index in [0.29, 0.717) is 11.5 Å². The van der Waals surface area contributed by atoms with Gasteiger partial charge in [0, 0.05) is 6.92 Å². The highest BCUT2D eigenvalue weighted by molar-refractivity contribution is 5.73. The Morgan fingerprint density at radius 2 is 2.00 bits per heavy atom. The van der Waals surface area contributed by atoms with Crippen molar-refractivity contribution in [1.29, 1.82) is 0 Å². The number of aliphatic hydroxyl groups excluding tert-OH is 1. The van der Waals surface area contributed by atoms with Gasteiger partial charge in [0.05, 0.1) is 12.9 Å². The lowest BCUT2D eigenvalue weighted by Gasteiger charge is -2.47. The summed E-state index contributed by atoms with van der Waals surface area (Å²) in [7, 11) is 0. The topological polar surface area (TPSA) is 99.4 Å². The zero-order valence-corrected chi connectivity index (χ0v) is 15.6. The van der Waals surface area contributed by atoms with Crippen LogP contribution >= 0.6 is 0 Å². The maximum Gasteiger partial charge on any atom is 0.223 e. The van der Waals surface area contributed by atoms with E-state index >= 15 is 0 Å². The van der Waals surface area contributed by atoms with Gasteiger partial charge in [-0.3, -0.25) is 4.79 Å². The molecule has 28 heavy (non-hydrogen) atoms. The fraction of sp³-hybridized carbons (Fsp3) is 0.450. The van der Waals surface area contributed by atoms with Crippen molar-refractivity contribution in [3.63, 3.8) is 0 Å². The lowest BCUT2D eigenvalue weighted by atomic mass is 9.96. The number of hydrogen-bond acceptors (Lipinski definition) is 7. The summed E-state index contributed by atoms with van der Waals surface area (Å²) < 4.78 is 28.8. The van der Waals surface area contributed by atoms with Gasteiger partial charge in [-0.25, -0.2) is 0 Å². The second-order valence-electron chi connectivity index (χ2n) is 6.97. The number of furan rings is 1. The van der Waals surface area contributed by atoms with Gasteiger partial charge in [-0.05, 0) is 31.2 Å². The Labute approximate surface area is 162 Å². The molecule has 8 heteroatoms. The van der Waals surface area contributed by atoms with Crippen molar-refractivity contribution in [3.8, 4) is 5.75 Å². The molecule has 0 spiro atoms. The van der Waals surface area contributed by atoms with Crippen LogP contribution in [-0.4, -0.2) is 48.3 Å². The zero-order chi connectivity index (χ0) is 19.7. The molecule has 2 saturated heterocycles. The summed E-state index contributed by atoms with van der Waals surface area (Å²) in [5, 5.41) is 13.6. The predicted molar refractivity (Wildman–Crippen MR) is 96.4 cm³/mol. The number of carbonyl (C=O) groups is 1. The summed E-state index contributed by atoms with van der Waals surface area (Å²) in [4.78, 5) is 11.7. The third kappa shape index (κ3) is 3.90. The summed E-state index contributed by atoms with van der Waals surface area (Å²) in [5.74, 6) is 0.765. The highest BCUT2D eigenvalue weighted by Crippen LogP contribution is 2.35. The van der Waals surface area contributed by atoms with Crippen molar-refractivity contribution in [3.05, 3.63) is 54.0 Å². The second kappa shape index (κ2) is 7.92. The molecule has 0 unspecified atom stereocenters. The number of ether oxygens (including phenoxy) is 4. The highest BCUT2D eigenvalue weighted by atomic mass is 16.8. The van der Waals surface area contributed by atoms with Crippen molar-refractivity contribution in [2.45, 2.75) is 50.8 Å². The molecular formula is C20H23NO7. The Morgan fingerprint density at radius 3 is 2.68 bits per heavy atom. The minimum atomic E-state index is -1.06. The van der Waals surface area contributed by atoms with E-state index in [4.69, 9.17) is 23.4 Å². The Balaban J connectivity index is 1.53. The van der Waals surface area contributed by atoms with E-state index in [2.05, 4.69) is 5.32 Å². The molecule has 2 fully saturated rings. The summed E-state index contributed by atoms with van der Waals surface area (Å²) in [6, 6.07) is 10.1. The lowest BCUT2D eigenvalue weighted by Crippen LogP contribution is -2.67. The summed E-state index contributed by atoms with van der Waals surface area (Å²) in [5.41, 5.74) is 1.09. The Kier molecular flexibility index (Phi) is 5.36. The van der Waals surface area contributed by atoms with Crippen LogP contribution < -0.4 is 10.1 Å². The van der Waals surface area contributed by atoms with E-state index < -0.39 is 36.9 Å². The first kappa shape index (κ1) is 18.9. The monoisotopic (exact) mass is 389 g/mol. The number of amides is 1. The van der Waals surface area contributed by atoms with Gasteiger partial charge < -0.3 is 33.8 Å². The smallest absolute Gasteiger partial charge is 0.223 e. The van der Waals surface area contributed by atoms with E-state index in [1.807, 2.05) is 31.2 Å². The van der Waals surface area contributed by atoms with Crippen LogP contribution in [0.3, 0.4) is 0 Å². The van der Waals surface area contributed by atoms with E-state index in [1.54, 1.807) is 12.1 Å². The van der Waals surface area contributed by atoms with Gasteiger partial charge in [0.15, 0.2) is 5.76 Å². The first-order valence-electron chi connectivity index (χ1n) is 9.15. The van der Waals surface area contributed by atoms with Gasteiger partial charge in [0.1, 0.15) is 30.1 Å². The molecule has 150 valence electrons. The molecule has 0 radical (unpaired) electrons. The van der Waals surface area contributed by atoms with Crippen molar-refractivity contribution < 1.29 is 33.3 Å². The van der Waals surface area contributed by atoms with Crippen molar-refractivity contribution in [2.75, 3.05) is 6.61 Å². The lowest BCUT2D eigenvalue weighted by molar-refractivity contribution is -0.336. The number of nitrogens with one attached hydrogen (secondary N) is 1. The van der Waals surface area contributed by atoms with Crippen LogP contribution in [-0.2, 0) is 19.0 Å². The third-order valence-corrected chi connectivity index (χ3v) is 4.78. The molecule has 2 aliphatic heterocycles. The molecule has 0 saturated carbocycles. The van der Waals surface area contributed by atoms with E-state index in [-0.39, 0.29) is 12.5 Å². The molecule has 1 aromatic heterocycles. The first-order valence-corrected chi connectivity index (χ1v) is 9.15. The van der Waals surface area contributed by atoms with Gasteiger partial charge in [-0.1, -0.05) is 17.7 Å². The van der Waals surface area contributed by atoms with Crippen LogP contribution in [0.4, 0.5) is 0 Å². The van der Waals surface area contributed by atoms with Crippen LogP contribution in [0.15, 0.2) is 47.1 Å². The zero-order valence-electron chi connectivity index (χ0n) is 15.6. The maximum absolute atomic E-state index is 11.7. The number of benzene rings is 1. The summed E-state index contributed by atoms with van der Waals surface area (Å²) in [6.07, 6.45) is -2.44. The summed E-state index contributed by atoms with van der Waals surface area (Å²) in [6.45, 7) is 3.54. The van der Waals surface area contributed by atoms with Crippen LogP contribution in [0, 0.1) is 6.92 Å². The van der Waals surface area contributed by atoms with E-state index in [0.717, 1.165) is 5.56 Å². The van der Waals surface area contributed by atoms with Crippen molar-refractivity contribution in [2.24, 2.45) is 0 Å². The molecule has 2 aromatic rings. The molecule has 2 N–H and O–H groups in total. The number of fused-ring (bicyclic) bond motifs is 1. The quantitative estimate of drug-likeness (QED) is 0.821. The molecular weight excluding hydrogens is 366 g/mol. The molecule has 3 heterocycles. The standard InChI is InChI=1S/C20H23NO7/c1-11-5-7-13(8-6-11)26-20-16(21-12(2)22)17(23)18-15(27-20)10-25-19(28-18)14-4-3-9-24-14/h3-9,15-20,23H,10H2,1-2H3,(H,21,22)/t15-,16-,17-,18-,19-,20+/m0/s1. The van der Waals surface area contributed by atoms with E-state index in [9.17, 15) is 9.90 Å². The van der Waals surface area contributed by atoms with Gasteiger partial charge >= 0.3 is 0 Å². The second-order valence-corrected chi connectivity index (χ2v) is 6.97. The van der Waals surface area contributed by atoms with Gasteiger partial charge in [0.2, 0.25) is 18.5 Å². The molecule has 2 aliphatic rings. The number of carbonyl (C=O) groups excluding carboxylic acids is 1. The SMILES string of the molecule is CC(=O)N[C@@H]1[C@H](Oc2ccc(C)cc2)O[C@H]2CO[C@H](c3ccco3)O[C@@H]2[C@H]1O. The summed E-state index contributed by atoms with van der Waals surface area (Å²) >= 11 is 0. The molecule has 0 bridgehead atoms. The molecule has 1 aromatic carbocycles. The van der Waals surface area contributed by atoms with Crippen LogP contribution in [0.25, 0.3) is 0 Å². The number of aliphatic hydroxyl groups is 1.